The van der Waals surface area contributed by atoms with Gasteiger partial charge < -0.3 is 24.4 Å². The Kier molecular flexibility index (Phi) is 10.9. The Morgan fingerprint density at radius 3 is 2.46 bits per heavy atom. The first-order valence-electron chi connectivity index (χ1n) is 19.5. The number of rotatable bonds is 12. The number of fused-ring (bicyclic) bond motifs is 2. The van der Waals surface area contributed by atoms with Crippen LogP contribution in [0.25, 0.3) is 0 Å². The molecule has 4 heterocycles. The summed E-state index contributed by atoms with van der Waals surface area (Å²) >= 11 is 0. The average molecular weight is 765 g/mol. The average Bonchev–Trinajstić information content (AvgIpc) is 3.53. The molecule has 0 saturated carbocycles. The number of hydrogen-bond donors (Lipinski definition) is 2. The number of alkyl halides is 1. The zero-order valence-corrected chi connectivity index (χ0v) is 31.2. The Morgan fingerprint density at radius 1 is 0.875 bits per heavy atom. The van der Waals surface area contributed by atoms with Crippen molar-refractivity contribution >= 4 is 23.4 Å². The fourth-order valence-electron chi connectivity index (χ4n) is 8.69. The van der Waals surface area contributed by atoms with Crippen LogP contribution in [-0.2, 0) is 22.8 Å². The minimum absolute atomic E-state index is 0.105. The van der Waals surface area contributed by atoms with Crippen molar-refractivity contribution in [2.24, 2.45) is 0 Å². The summed E-state index contributed by atoms with van der Waals surface area (Å²) in [6.07, 6.45) is 3.65. The smallest absolute Gasteiger partial charge is 0.255 e. The molecule has 10 nitrogen and oxygen atoms in total. The number of carbonyl (C=O) groups excluding carboxylic acids is 3. The lowest BCUT2D eigenvalue weighted by atomic mass is 9.75. The van der Waals surface area contributed by atoms with Crippen molar-refractivity contribution in [2.45, 2.75) is 63.2 Å². The second-order valence-electron chi connectivity index (χ2n) is 15.1. The molecule has 8 rings (SSSR count). The maximum atomic E-state index is 14.0. The molecule has 2 N–H and O–H groups in total. The van der Waals surface area contributed by atoms with Gasteiger partial charge in [-0.3, -0.25) is 24.6 Å². The number of ether oxygens (including phenoxy) is 2. The van der Waals surface area contributed by atoms with Crippen LogP contribution >= 0.6 is 0 Å². The van der Waals surface area contributed by atoms with Crippen molar-refractivity contribution in [1.29, 1.82) is 0 Å². The molecule has 0 spiro atoms. The van der Waals surface area contributed by atoms with Crippen LogP contribution in [0.2, 0.25) is 0 Å². The summed E-state index contributed by atoms with van der Waals surface area (Å²) in [4.78, 5) is 43.5. The number of halogens is 2. The van der Waals surface area contributed by atoms with Gasteiger partial charge in [-0.1, -0.05) is 24.3 Å². The maximum absolute atomic E-state index is 14.0. The molecule has 4 aliphatic rings. The van der Waals surface area contributed by atoms with E-state index in [0.29, 0.717) is 42.0 Å². The standard InChI is InChI=1S/C44H46F2N4O6/c45-25-29-22-31(46)6-11-35(29)38-27-56-40-24-33(51)8-13-37(40)42(38)28-4-9-34(10-5-28)55-21-3-1-2-16-48-17-19-49(20-18-48)32-7-12-36-30(23-32)26-50(44(36)54)39-14-15-41(52)47-43(39)53/h4-13,22-24,38-39,42,51H,1-3,14-21,25-27H2,(H,47,52,53)/t38-,39?,42?/m1/s1. The molecule has 0 aliphatic carbocycles. The highest BCUT2D eigenvalue weighted by Gasteiger charge is 2.39. The number of unbranched alkanes of at least 4 members (excludes halogenated alkanes) is 2. The van der Waals surface area contributed by atoms with Gasteiger partial charge in [-0.15, -0.1) is 0 Å². The molecule has 0 aromatic heterocycles. The molecule has 0 radical (unpaired) electrons. The van der Waals surface area contributed by atoms with E-state index in [2.05, 4.69) is 21.2 Å². The molecule has 12 heteroatoms. The first kappa shape index (κ1) is 37.4. The highest BCUT2D eigenvalue weighted by molar-refractivity contribution is 6.05. The van der Waals surface area contributed by atoms with Gasteiger partial charge in [0.05, 0.1) is 13.2 Å². The van der Waals surface area contributed by atoms with Crippen molar-refractivity contribution in [3.05, 3.63) is 118 Å². The Balaban J connectivity index is 0.791. The van der Waals surface area contributed by atoms with E-state index >= 15 is 0 Å². The van der Waals surface area contributed by atoms with Crippen LogP contribution < -0.4 is 19.7 Å². The topological polar surface area (TPSA) is 112 Å². The third kappa shape index (κ3) is 7.80. The van der Waals surface area contributed by atoms with Gasteiger partial charge in [0.1, 0.15) is 35.8 Å². The number of phenolic OH excluding ortho intramolecular Hbond substituents is 1. The summed E-state index contributed by atoms with van der Waals surface area (Å²) < 4.78 is 40.2. The number of carbonyl (C=O) groups is 3. The van der Waals surface area contributed by atoms with Crippen molar-refractivity contribution < 1.29 is 37.7 Å². The van der Waals surface area contributed by atoms with E-state index in [1.165, 1.54) is 12.1 Å². The van der Waals surface area contributed by atoms with Crippen LogP contribution in [0, 0.1) is 5.82 Å². The molecule has 2 fully saturated rings. The van der Waals surface area contributed by atoms with Gasteiger partial charge in [-0.05, 0) is 103 Å². The highest BCUT2D eigenvalue weighted by Crippen LogP contribution is 2.48. The molecule has 4 aliphatic heterocycles. The molecule has 3 amide bonds. The summed E-state index contributed by atoms with van der Waals surface area (Å²) in [5.41, 5.74) is 5.53. The molecule has 292 valence electrons. The number of benzene rings is 4. The second-order valence-corrected chi connectivity index (χ2v) is 15.1. The molecular formula is C44H46F2N4O6. The molecule has 4 aromatic carbocycles. The predicted octanol–water partition coefficient (Wildman–Crippen LogP) is 6.44. The summed E-state index contributed by atoms with van der Waals surface area (Å²) in [7, 11) is 0. The number of piperidine rings is 1. The predicted molar refractivity (Wildman–Crippen MR) is 206 cm³/mol. The van der Waals surface area contributed by atoms with Crippen LogP contribution in [0.1, 0.15) is 82.1 Å². The van der Waals surface area contributed by atoms with Gasteiger partial charge in [-0.25, -0.2) is 8.78 Å². The molecule has 2 unspecified atom stereocenters. The molecule has 2 saturated heterocycles. The van der Waals surface area contributed by atoms with Crippen LogP contribution in [0.4, 0.5) is 14.5 Å². The van der Waals surface area contributed by atoms with Gasteiger partial charge >= 0.3 is 0 Å². The van der Waals surface area contributed by atoms with E-state index in [4.69, 9.17) is 9.47 Å². The number of phenols is 1. The van der Waals surface area contributed by atoms with Crippen molar-refractivity contribution in [1.82, 2.24) is 15.1 Å². The summed E-state index contributed by atoms with van der Waals surface area (Å²) in [5, 5.41) is 12.5. The van der Waals surface area contributed by atoms with Gasteiger partial charge in [0, 0.05) is 73.9 Å². The summed E-state index contributed by atoms with van der Waals surface area (Å²) in [6.45, 7) is 5.19. The molecule has 3 atom stereocenters. The SMILES string of the molecule is O=C1CCC(N2Cc3cc(N4CCN(CCCCCOc5ccc(C6c7ccc(O)cc7OC[C@@H]6c6ccc(F)cc6CF)cc5)CC4)ccc3C2=O)C(=O)N1. The number of nitrogens with zero attached hydrogens (tertiary/aromatic N) is 3. The fraction of sp³-hybridized carbons (Fsp3) is 0.386. The van der Waals surface area contributed by atoms with Crippen LogP contribution in [0.15, 0.2) is 78.9 Å². The minimum Gasteiger partial charge on any atom is -0.508 e. The monoisotopic (exact) mass is 764 g/mol. The second kappa shape index (κ2) is 16.3. The lowest BCUT2D eigenvalue weighted by Crippen LogP contribution is -2.52. The van der Waals surface area contributed by atoms with Gasteiger partial charge in [0.25, 0.3) is 5.91 Å². The lowest BCUT2D eigenvalue weighted by Gasteiger charge is -2.36. The molecule has 4 aromatic rings. The van der Waals surface area contributed by atoms with Crippen molar-refractivity contribution in [3.63, 3.8) is 0 Å². The first-order chi connectivity index (χ1) is 27.2. The summed E-state index contributed by atoms with van der Waals surface area (Å²) in [6, 6.07) is 22.6. The minimum atomic E-state index is -0.778. The van der Waals surface area contributed by atoms with E-state index in [1.807, 2.05) is 42.5 Å². The third-order valence-corrected chi connectivity index (χ3v) is 11.7. The first-order valence-corrected chi connectivity index (χ1v) is 19.5. The molecular weight excluding hydrogens is 719 g/mol. The number of piperazine rings is 1. The number of hydrogen-bond acceptors (Lipinski definition) is 8. The number of aromatic hydroxyl groups is 1. The van der Waals surface area contributed by atoms with E-state index in [-0.39, 0.29) is 42.4 Å². The quantitative estimate of drug-likeness (QED) is 0.125. The number of imide groups is 1. The van der Waals surface area contributed by atoms with Gasteiger partial charge in [0.2, 0.25) is 11.8 Å². The third-order valence-electron chi connectivity index (χ3n) is 11.7. The van der Waals surface area contributed by atoms with Crippen LogP contribution in [0.5, 0.6) is 17.2 Å². The van der Waals surface area contributed by atoms with Crippen molar-refractivity contribution in [2.75, 3.05) is 50.8 Å². The van der Waals surface area contributed by atoms with Gasteiger partial charge in [-0.2, -0.15) is 0 Å². The van der Waals surface area contributed by atoms with E-state index < -0.39 is 24.4 Å². The van der Waals surface area contributed by atoms with E-state index in [9.17, 15) is 28.3 Å². The summed E-state index contributed by atoms with van der Waals surface area (Å²) in [5.74, 6) is -0.296. The fourth-order valence-corrected chi connectivity index (χ4v) is 8.69. The zero-order valence-electron chi connectivity index (χ0n) is 31.2. The van der Waals surface area contributed by atoms with Crippen LogP contribution in [-0.4, -0.2) is 84.6 Å². The molecule has 56 heavy (non-hydrogen) atoms. The van der Waals surface area contributed by atoms with Crippen molar-refractivity contribution in [3.8, 4) is 17.2 Å². The highest BCUT2D eigenvalue weighted by atomic mass is 19.1. The lowest BCUT2D eigenvalue weighted by molar-refractivity contribution is -0.136. The Hall–Kier alpha value is -5.49. The Bertz CT molecular complexity index is 2100. The normalized spacial score (nSPS) is 21.0. The van der Waals surface area contributed by atoms with Crippen LogP contribution in [0.3, 0.4) is 0 Å². The molecule has 0 bridgehead atoms. The van der Waals surface area contributed by atoms with E-state index in [1.54, 1.807) is 23.1 Å². The zero-order chi connectivity index (χ0) is 38.8. The van der Waals surface area contributed by atoms with E-state index in [0.717, 1.165) is 80.1 Å². The largest absolute Gasteiger partial charge is 0.508 e. The van der Waals surface area contributed by atoms with Gasteiger partial charge in [0.15, 0.2) is 0 Å². The number of nitrogens with one attached hydrogen (secondary N) is 1. The Morgan fingerprint density at radius 2 is 1.68 bits per heavy atom. The maximum Gasteiger partial charge on any atom is 0.255 e. The number of anilines is 1. The number of amides is 3. The Labute approximate surface area is 325 Å².